The molecule has 0 heterocycles. The van der Waals surface area contributed by atoms with Crippen LogP contribution in [0.3, 0.4) is 0 Å². The van der Waals surface area contributed by atoms with E-state index in [2.05, 4.69) is 0 Å². The first-order valence-corrected chi connectivity index (χ1v) is 7.32. The van der Waals surface area contributed by atoms with Crippen LogP contribution in [0.15, 0.2) is 54.6 Å². The zero-order chi connectivity index (χ0) is 15.9. The van der Waals surface area contributed by atoms with Gasteiger partial charge in [0.1, 0.15) is 11.9 Å². The van der Waals surface area contributed by atoms with Crippen LogP contribution < -0.4 is 10.2 Å². The Bertz CT molecular complexity index is 595. The highest BCUT2D eigenvalue weighted by Crippen LogP contribution is 2.25. The normalized spacial score (nSPS) is 13.2. The molecule has 2 unspecified atom stereocenters. The minimum absolute atomic E-state index is 0.00505. The Morgan fingerprint density at radius 3 is 2.27 bits per heavy atom. The Balaban J connectivity index is 1.98. The average Bonchev–Trinajstić information content (AvgIpc) is 2.56. The van der Waals surface area contributed by atoms with E-state index in [1.807, 2.05) is 68.4 Å². The molecular weight excluding hydrogens is 278 g/mol. The highest BCUT2D eigenvalue weighted by molar-refractivity contribution is 5.77. The van der Waals surface area contributed by atoms with Crippen molar-refractivity contribution in [3.63, 3.8) is 0 Å². The lowest BCUT2D eigenvalue weighted by Gasteiger charge is -2.17. The van der Waals surface area contributed by atoms with Gasteiger partial charge in [-0.15, -0.1) is 0 Å². The number of carbonyl (C=O) groups excluding carboxylic acids is 1. The summed E-state index contributed by atoms with van der Waals surface area (Å²) in [7, 11) is 0. The highest BCUT2D eigenvalue weighted by atomic mass is 16.5. The van der Waals surface area contributed by atoms with E-state index in [9.17, 15) is 10.0 Å². The zero-order valence-corrected chi connectivity index (χ0v) is 12.8. The highest BCUT2D eigenvalue weighted by Gasteiger charge is 2.10. The summed E-state index contributed by atoms with van der Waals surface area (Å²) < 4.78 is 5.91. The second-order valence-corrected chi connectivity index (χ2v) is 5.37. The molecule has 2 aromatic carbocycles. The first-order valence-electron chi connectivity index (χ1n) is 7.32. The van der Waals surface area contributed by atoms with Crippen molar-refractivity contribution in [2.75, 3.05) is 0 Å². The fraction of sp³-hybridized carbons (Fsp3) is 0.278. The van der Waals surface area contributed by atoms with Crippen LogP contribution in [0, 0.1) is 5.21 Å². The molecule has 0 saturated carbocycles. The lowest BCUT2D eigenvalue weighted by molar-refractivity contribution is -0.120. The second-order valence-electron chi connectivity index (χ2n) is 5.37. The van der Waals surface area contributed by atoms with Crippen molar-refractivity contribution in [1.29, 1.82) is 0 Å². The molecule has 0 aliphatic carbocycles. The van der Waals surface area contributed by atoms with Crippen LogP contribution >= 0.6 is 0 Å². The Kier molecular flexibility index (Phi) is 5.55. The van der Waals surface area contributed by atoms with E-state index >= 15 is 0 Å². The third-order valence-electron chi connectivity index (χ3n) is 3.64. The molecule has 0 bridgehead atoms. The van der Waals surface area contributed by atoms with Gasteiger partial charge in [-0.05, 0) is 36.1 Å². The number of ether oxygens (including phenoxy) is 1. The van der Waals surface area contributed by atoms with Gasteiger partial charge in [0.25, 0.3) is 0 Å². The van der Waals surface area contributed by atoms with E-state index in [4.69, 9.17) is 4.74 Å². The standard InChI is InChI=1S/C18H20NO3/c1-13(12-18(20)19-21)15-8-10-17(11-9-15)22-14(2)16-6-4-3-5-7-16/h3-11,13-14H,12H2,1-2H3,(H-,19,20,21)/q-1. The fourth-order valence-corrected chi connectivity index (χ4v) is 2.31. The van der Waals surface area contributed by atoms with Gasteiger partial charge in [0, 0.05) is 6.42 Å². The number of hydrogen-bond acceptors (Lipinski definition) is 3. The number of carbonyl (C=O) groups is 1. The van der Waals surface area contributed by atoms with Crippen molar-refractivity contribution in [3.05, 3.63) is 70.9 Å². The van der Waals surface area contributed by atoms with E-state index in [-0.39, 0.29) is 18.4 Å². The van der Waals surface area contributed by atoms with Crippen molar-refractivity contribution >= 4 is 5.91 Å². The van der Waals surface area contributed by atoms with Gasteiger partial charge in [0.15, 0.2) is 0 Å². The largest absolute Gasteiger partial charge is 0.759 e. The number of rotatable bonds is 6. The lowest BCUT2D eigenvalue weighted by Crippen LogP contribution is -2.17. The fourth-order valence-electron chi connectivity index (χ4n) is 2.31. The van der Waals surface area contributed by atoms with Crippen LogP contribution in [0.2, 0.25) is 0 Å². The molecule has 1 N–H and O–H groups in total. The van der Waals surface area contributed by atoms with Crippen LogP contribution in [-0.4, -0.2) is 5.91 Å². The molecule has 2 atom stereocenters. The van der Waals surface area contributed by atoms with Crippen molar-refractivity contribution in [2.24, 2.45) is 0 Å². The minimum Gasteiger partial charge on any atom is -0.759 e. The van der Waals surface area contributed by atoms with Crippen LogP contribution in [0.25, 0.3) is 0 Å². The second kappa shape index (κ2) is 7.61. The van der Waals surface area contributed by atoms with Gasteiger partial charge in [-0.2, -0.15) is 0 Å². The Hall–Kier alpha value is -2.33. The molecule has 0 aliphatic rings. The Morgan fingerprint density at radius 1 is 1.05 bits per heavy atom. The van der Waals surface area contributed by atoms with Crippen molar-refractivity contribution < 1.29 is 9.53 Å². The van der Waals surface area contributed by atoms with Gasteiger partial charge in [-0.3, -0.25) is 4.79 Å². The predicted octanol–water partition coefficient (Wildman–Crippen LogP) is 3.93. The number of hydroxylamine groups is 1. The Morgan fingerprint density at radius 2 is 1.68 bits per heavy atom. The topological polar surface area (TPSA) is 61.4 Å². The molecule has 2 rings (SSSR count). The van der Waals surface area contributed by atoms with Gasteiger partial charge < -0.3 is 15.4 Å². The summed E-state index contributed by atoms with van der Waals surface area (Å²) in [6.07, 6.45) is 0.153. The van der Waals surface area contributed by atoms with E-state index < -0.39 is 5.91 Å². The number of nitrogens with one attached hydrogen (secondary N) is 1. The third-order valence-corrected chi connectivity index (χ3v) is 3.64. The lowest BCUT2D eigenvalue weighted by atomic mass is 9.97. The molecule has 0 spiro atoms. The maximum atomic E-state index is 11.1. The third kappa shape index (κ3) is 4.33. The molecule has 0 radical (unpaired) electrons. The number of benzene rings is 2. The molecule has 2 aromatic rings. The quantitative estimate of drug-likeness (QED) is 0.822. The van der Waals surface area contributed by atoms with Gasteiger partial charge in [-0.1, -0.05) is 49.4 Å². The zero-order valence-electron chi connectivity index (χ0n) is 12.8. The van der Waals surface area contributed by atoms with Crippen molar-refractivity contribution in [1.82, 2.24) is 5.48 Å². The van der Waals surface area contributed by atoms with E-state index in [0.717, 1.165) is 16.9 Å². The van der Waals surface area contributed by atoms with Gasteiger partial charge >= 0.3 is 0 Å². The molecule has 0 aliphatic heterocycles. The predicted molar refractivity (Wildman–Crippen MR) is 86.5 cm³/mol. The van der Waals surface area contributed by atoms with Gasteiger partial charge in [-0.25, -0.2) is 0 Å². The molecule has 22 heavy (non-hydrogen) atoms. The van der Waals surface area contributed by atoms with Crippen LogP contribution in [0.5, 0.6) is 5.75 Å². The van der Waals surface area contributed by atoms with Crippen LogP contribution in [-0.2, 0) is 4.79 Å². The van der Waals surface area contributed by atoms with E-state index in [1.165, 1.54) is 5.48 Å². The molecule has 0 saturated heterocycles. The van der Waals surface area contributed by atoms with Gasteiger partial charge in [0.2, 0.25) is 5.91 Å². The summed E-state index contributed by atoms with van der Waals surface area (Å²) in [5.41, 5.74) is 3.53. The van der Waals surface area contributed by atoms with Crippen LogP contribution in [0.4, 0.5) is 0 Å². The Labute approximate surface area is 130 Å². The van der Waals surface area contributed by atoms with E-state index in [1.54, 1.807) is 0 Å². The summed E-state index contributed by atoms with van der Waals surface area (Å²) in [4.78, 5) is 11.1. The summed E-state index contributed by atoms with van der Waals surface area (Å²) in [6, 6.07) is 17.6. The first-order chi connectivity index (χ1) is 10.6. The molecule has 4 heteroatoms. The molecule has 116 valence electrons. The van der Waals surface area contributed by atoms with Crippen molar-refractivity contribution in [2.45, 2.75) is 32.3 Å². The maximum absolute atomic E-state index is 11.1. The molecule has 0 fully saturated rings. The van der Waals surface area contributed by atoms with E-state index in [0.29, 0.717) is 0 Å². The molecular formula is C18H20NO3-. The summed E-state index contributed by atoms with van der Waals surface area (Å²) >= 11 is 0. The summed E-state index contributed by atoms with van der Waals surface area (Å²) in [6.45, 7) is 3.92. The van der Waals surface area contributed by atoms with Gasteiger partial charge in [0.05, 0.1) is 0 Å². The van der Waals surface area contributed by atoms with Crippen LogP contribution in [0.1, 0.15) is 43.4 Å². The summed E-state index contributed by atoms with van der Waals surface area (Å²) in [5.74, 6) is 0.278. The maximum Gasteiger partial charge on any atom is 0.210 e. The molecule has 0 aromatic heterocycles. The average molecular weight is 298 g/mol. The number of amides is 1. The first kappa shape index (κ1) is 16.0. The smallest absolute Gasteiger partial charge is 0.210 e. The monoisotopic (exact) mass is 298 g/mol. The van der Waals surface area contributed by atoms with Crippen molar-refractivity contribution in [3.8, 4) is 5.75 Å². The molecule has 1 amide bonds. The molecule has 4 nitrogen and oxygen atoms in total. The minimum atomic E-state index is -0.495. The summed E-state index contributed by atoms with van der Waals surface area (Å²) in [5, 5.41) is 10.3. The SMILES string of the molecule is CC(CC(=O)N[O-])c1ccc(OC(C)c2ccccc2)cc1. The number of hydrogen-bond donors (Lipinski definition) is 1.